The van der Waals surface area contributed by atoms with Gasteiger partial charge in [-0.05, 0) is 19.1 Å². The van der Waals surface area contributed by atoms with E-state index in [1.54, 1.807) is 4.68 Å². The maximum absolute atomic E-state index is 9.51. The number of benzene rings is 1. The molecular formula is C15H15Cl2N3O. The quantitative estimate of drug-likeness (QED) is 0.801. The molecule has 2 heterocycles. The third-order valence-electron chi connectivity index (χ3n) is 3.68. The molecule has 21 heavy (non-hydrogen) atoms. The first-order chi connectivity index (χ1) is 10.0. The molecule has 0 aliphatic rings. The molecule has 0 saturated carbocycles. The molecular weight excluding hydrogens is 309 g/mol. The van der Waals surface area contributed by atoms with Gasteiger partial charge in [-0.3, -0.25) is 4.68 Å². The van der Waals surface area contributed by atoms with Crippen LogP contribution in [0.25, 0.3) is 10.9 Å². The average Bonchev–Trinajstić information content (AvgIpc) is 2.91. The van der Waals surface area contributed by atoms with Crippen LogP contribution in [0.4, 0.5) is 0 Å². The Morgan fingerprint density at radius 1 is 1.29 bits per heavy atom. The van der Waals surface area contributed by atoms with Crippen molar-refractivity contribution in [1.29, 1.82) is 0 Å². The zero-order valence-corrected chi connectivity index (χ0v) is 13.3. The van der Waals surface area contributed by atoms with E-state index in [0.29, 0.717) is 16.6 Å². The lowest BCUT2D eigenvalue weighted by Gasteiger charge is -2.07. The minimum Gasteiger partial charge on any atom is -0.392 e. The van der Waals surface area contributed by atoms with E-state index in [2.05, 4.69) is 5.10 Å². The maximum atomic E-state index is 9.51. The van der Waals surface area contributed by atoms with E-state index >= 15 is 0 Å². The van der Waals surface area contributed by atoms with Crippen LogP contribution in [0.15, 0.2) is 24.4 Å². The largest absolute Gasteiger partial charge is 0.392 e. The van der Waals surface area contributed by atoms with Gasteiger partial charge in [0.25, 0.3) is 0 Å². The lowest BCUT2D eigenvalue weighted by Crippen LogP contribution is -2.05. The molecule has 0 spiro atoms. The van der Waals surface area contributed by atoms with Crippen molar-refractivity contribution in [2.24, 2.45) is 7.05 Å². The molecule has 6 heteroatoms. The van der Waals surface area contributed by atoms with Gasteiger partial charge in [0, 0.05) is 29.2 Å². The fraction of sp³-hybridized carbons (Fsp3) is 0.267. The summed E-state index contributed by atoms with van der Waals surface area (Å²) in [6, 6.07) is 5.65. The first-order valence-electron chi connectivity index (χ1n) is 6.57. The van der Waals surface area contributed by atoms with Gasteiger partial charge >= 0.3 is 0 Å². The van der Waals surface area contributed by atoms with Crippen LogP contribution in [0, 0.1) is 6.92 Å². The molecule has 0 amide bonds. The SMILES string of the molecule is Cc1nn(C)c(Cn2cc(CO)c3ccc(Cl)cc32)c1Cl. The molecule has 4 nitrogen and oxygen atoms in total. The molecule has 0 unspecified atom stereocenters. The van der Waals surface area contributed by atoms with E-state index in [1.165, 1.54) is 0 Å². The van der Waals surface area contributed by atoms with Crippen LogP contribution in [-0.4, -0.2) is 19.5 Å². The van der Waals surface area contributed by atoms with E-state index in [0.717, 1.165) is 27.9 Å². The third-order valence-corrected chi connectivity index (χ3v) is 4.41. The summed E-state index contributed by atoms with van der Waals surface area (Å²) in [5.41, 5.74) is 3.58. The number of nitrogens with zero attached hydrogens (tertiary/aromatic N) is 3. The second-order valence-corrected chi connectivity index (χ2v) is 5.89. The third kappa shape index (κ3) is 2.44. The standard InChI is InChI=1S/C15H15Cl2N3O/c1-9-15(17)14(19(2)18-9)7-20-6-10(8-21)12-4-3-11(16)5-13(12)20/h3-6,21H,7-8H2,1-2H3. The summed E-state index contributed by atoms with van der Waals surface area (Å²) in [5.74, 6) is 0. The Morgan fingerprint density at radius 3 is 2.67 bits per heavy atom. The van der Waals surface area contributed by atoms with Crippen molar-refractivity contribution < 1.29 is 5.11 Å². The number of hydrogen-bond acceptors (Lipinski definition) is 2. The summed E-state index contributed by atoms with van der Waals surface area (Å²) in [6.07, 6.45) is 1.93. The predicted octanol–water partition coefficient (Wildman–Crippen LogP) is 3.53. The topological polar surface area (TPSA) is 43.0 Å². The number of aliphatic hydroxyl groups is 1. The summed E-state index contributed by atoms with van der Waals surface area (Å²) in [5, 5.41) is 16.2. The number of hydrogen-bond donors (Lipinski definition) is 1. The van der Waals surface area contributed by atoms with Crippen LogP contribution in [0.3, 0.4) is 0 Å². The second-order valence-electron chi connectivity index (χ2n) is 5.07. The lowest BCUT2D eigenvalue weighted by atomic mass is 10.2. The van der Waals surface area contributed by atoms with Crippen LogP contribution in [0.1, 0.15) is 17.0 Å². The highest BCUT2D eigenvalue weighted by molar-refractivity contribution is 6.32. The molecule has 1 N–H and O–H groups in total. The van der Waals surface area contributed by atoms with E-state index in [1.807, 2.05) is 42.9 Å². The number of aromatic nitrogens is 3. The van der Waals surface area contributed by atoms with Gasteiger partial charge in [-0.15, -0.1) is 0 Å². The Labute approximate surface area is 132 Å². The monoisotopic (exact) mass is 323 g/mol. The van der Waals surface area contributed by atoms with Crippen LogP contribution in [0.2, 0.25) is 10.0 Å². The summed E-state index contributed by atoms with van der Waals surface area (Å²) < 4.78 is 3.82. The Bertz CT molecular complexity index is 820. The first kappa shape index (κ1) is 14.4. The van der Waals surface area contributed by atoms with Gasteiger partial charge in [0.15, 0.2) is 0 Å². The molecule has 3 aromatic rings. The molecule has 110 valence electrons. The van der Waals surface area contributed by atoms with Gasteiger partial charge in [-0.2, -0.15) is 5.10 Å². The number of fused-ring (bicyclic) bond motifs is 1. The molecule has 3 rings (SSSR count). The van der Waals surface area contributed by atoms with Gasteiger partial charge in [-0.25, -0.2) is 0 Å². The van der Waals surface area contributed by atoms with Crippen LogP contribution < -0.4 is 0 Å². The molecule has 0 saturated heterocycles. The number of rotatable bonds is 3. The number of aliphatic hydroxyl groups excluding tert-OH is 1. The van der Waals surface area contributed by atoms with Crippen molar-refractivity contribution in [1.82, 2.24) is 14.3 Å². The number of aryl methyl sites for hydroxylation is 2. The Morgan fingerprint density at radius 2 is 2.05 bits per heavy atom. The van der Waals surface area contributed by atoms with Gasteiger partial charge in [0.2, 0.25) is 0 Å². The van der Waals surface area contributed by atoms with Crippen molar-refractivity contribution in [2.45, 2.75) is 20.1 Å². The minimum absolute atomic E-state index is 0.0106. The lowest BCUT2D eigenvalue weighted by molar-refractivity contribution is 0.283. The van der Waals surface area contributed by atoms with E-state index in [9.17, 15) is 5.11 Å². The van der Waals surface area contributed by atoms with Crippen molar-refractivity contribution in [3.05, 3.63) is 51.4 Å². The van der Waals surface area contributed by atoms with Crippen molar-refractivity contribution in [2.75, 3.05) is 0 Å². The second kappa shape index (κ2) is 5.37. The van der Waals surface area contributed by atoms with Gasteiger partial charge in [0.05, 0.1) is 35.1 Å². The highest BCUT2D eigenvalue weighted by Crippen LogP contribution is 2.27. The van der Waals surface area contributed by atoms with Crippen LogP contribution in [0.5, 0.6) is 0 Å². The molecule has 0 atom stereocenters. The zero-order valence-electron chi connectivity index (χ0n) is 11.8. The molecule has 0 radical (unpaired) electrons. The zero-order chi connectivity index (χ0) is 15.1. The molecule has 2 aromatic heterocycles. The Balaban J connectivity index is 2.14. The molecule has 0 aliphatic carbocycles. The van der Waals surface area contributed by atoms with E-state index in [-0.39, 0.29) is 6.61 Å². The average molecular weight is 324 g/mol. The first-order valence-corrected chi connectivity index (χ1v) is 7.33. The van der Waals surface area contributed by atoms with Crippen LogP contribution >= 0.6 is 23.2 Å². The molecule has 0 aliphatic heterocycles. The van der Waals surface area contributed by atoms with E-state index in [4.69, 9.17) is 23.2 Å². The summed E-state index contributed by atoms with van der Waals surface area (Å²) >= 11 is 12.4. The van der Waals surface area contributed by atoms with Gasteiger partial charge < -0.3 is 9.67 Å². The van der Waals surface area contributed by atoms with Crippen molar-refractivity contribution in [3.63, 3.8) is 0 Å². The molecule has 0 bridgehead atoms. The fourth-order valence-electron chi connectivity index (χ4n) is 2.61. The summed E-state index contributed by atoms with van der Waals surface area (Å²) in [6.45, 7) is 2.45. The fourth-order valence-corrected chi connectivity index (χ4v) is 3.00. The normalized spacial score (nSPS) is 11.5. The number of halogens is 2. The van der Waals surface area contributed by atoms with E-state index < -0.39 is 0 Å². The Kier molecular flexibility index (Phi) is 3.69. The molecule has 1 aromatic carbocycles. The summed E-state index contributed by atoms with van der Waals surface area (Å²) in [4.78, 5) is 0. The predicted molar refractivity (Wildman–Crippen MR) is 84.9 cm³/mol. The highest BCUT2D eigenvalue weighted by Gasteiger charge is 2.14. The van der Waals surface area contributed by atoms with Crippen molar-refractivity contribution >= 4 is 34.1 Å². The van der Waals surface area contributed by atoms with Gasteiger partial charge in [0.1, 0.15) is 0 Å². The Hall–Kier alpha value is -1.49. The molecule has 0 fully saturated rings. The smallest absolute Gasteiger partial charge is 0.0865 e. The van der Waals surface area contributed by atoms with Crippen LogP contribution in [-0.2, 0) is 20.2 Å². The minimum atomic E-state index is -0.0106. The van der Waals surface area contributed by atoms with Crippen molar-refractivity contribution in [3.8, 4) is 0 Å². The maximum Gasteiger partial charge on any atom is 0.0865 e. The highest BCUT2D eigenvalue weighted by atomic mass is 35.5. The summed E-state index contributed by atoms with van der Waals surface area (Å²) in [7, 11) is 1.87. The van der Waals surface area contributed by atoms with Gasteiger partial charge in [-0.1, -0.05) is 29.3 Å².